The van der Waals surface area contributed by atoms with Gasteiger partial charge in [0.15, 0.2) is 0 Å². The molecule has 0 saturated carbocycles. The molecule has 0 fully saturated rings. The lowest BCUT2D eigenvalue weighted by Gasteiger charge is -2.54. The molecule has 0 saturated heterocycles. The van der Waals surface area contributed by atoms with E-state index >= 15 is 0 Å². The van der Waals surface area contributed by atoms with Crippen LogP contribution in [0.3, 0.4) is 0 Å². The maximum absolute atomic E-state index is 2.71. The van der Waals surface area contributed by atoms with E-state index in [-0.39, 0.29) is 5.15 Å². The van der Waals surface area contributed by atoms with Crippen molar-refractivity contribution in [2.45, 2.75) is 7.08 Å². The first-order valence-corrected chi connectivity index (χ1v) is 18.2. The molecule has 0 N–H and O–H groups in total. The number of rotatable bonds is 5. The summed E-state index contributed by atoms with van der Waals surface area (Å²) in [5.41, 5.74) is 0. The van der Waals surface area contributed by atoms with Gasteiger partial charge in [0.2, 0.25) is 0 Å². The van der Waals surface area contributed by atoms with Crippen LogP contribution >= 0.6 is 294 Å². The van der Waals surface area contributed by atoms with E-state index in [1.807, 2.05) is 0 Å². The maximum Gasteiger partial charge on any atom is 0.143 e. The largest absolute Gasteiger partial charge is 0.143 e. The second-order valence-corrected chi connectivity index (χ2v) is 42.5. The van der Waals surface area contributed by atoms with Crippen LogP contribution in [0.15, 0.2) is 0 Å². The van der Waals surface area contributed by atoms with Gasteiger partial charge in [-0.15, -0.1) is 0 Å². The van der Waals surface area contributed by atoms with Gasteiger partial charge in [-0.25, -0.2) is 0 Å². The number of halogens is 13. The zero-order valence-electron chi connectivity index (χ0n) is 7.99. The molecular formula is C6HI13. The van der Waals surface area contributed by atoms with Gasteiger partial charge in [0.25, 0.3) is 0 Å². The van der Waals surface area contributed by atoms with E-state index in [9.17, 15) is 0 Å². The fourth-order valence-corrected chi connectivity index (χ4v) is 24.4. The number of hydrogen-bond donors (Lipinski definition) is 0. The Labute approximate surface area is 291 Å². The van der Waals surface area contributed by atoms with Gasteiger partial charge in [-0.3, -0.25) is 0 Å². The van der Waals surface area contributed by atoms with Gasteiger partial charge in [-0.2, -0.15) is 0 Å². The molecule has 0 aromatic heterocycles. The lowest BCUT2D eigenvalue weighted by molar-refractivity contribution is 0.691. The molecule has 0 atom stereocenters. The van der Waals surface area contributed by atoms with Crippen LogP contribution in [-0.2, 0) is 0 Å². The minimum absolute atomic E-state index is 0.0756. The van der Waals surface area contributed by atoms with Crippen LogP contribution in [0.5, 0.6) is 0 Å². The zero-order valence-corrected chi connectivity index (χ0v) is 36.0. The molecule has 0 heterocycles. The summed E-state index contributed by atoms with van der Waals surface area (Å²) in [6, 6.07) is 0. The molecule has 0 aromatic rings. The molecule has 0 aliphatic heterocycles. The highest BCUT2D eigenvalue weighted by Crippen LogP contribution is 2.75. The van der Waals surface area contributed by atoms with Crippen molar-refractivity contribution in [3.63, 3.8) is 0 Å². The summed E-state index contributed by atoms with van der Waals surface area (Å²) in [6.45, 7) is 0. The third-order valence-corrected chi connectivity index (χ3v) is 34.4. The van der Waals surface area contributed by atoms with Gasteiger partial charge in [0, 0.05) is 0 Å². The zero-order chi connectivity index (χ0) is 16.1. The van der Waals surface area contributed by atoms with Crippen molar-refractivity contribution in [3.8, 4) is 0 Å². The standard InChI is InChI=1S/C6HI13/c7-1(8)2(9,10)4(12,13)3(11,5(14,15)16)6(17,18)19/h1H. The summed E-state index contributed by atoms with van der Waals surface area (Å²) in [4.78, 5) is 0. The van der Waals surface area contributed by atoms with Gasteiger partial charge >= 0.3 is 0 Å². The summed E-state index contributed by atoms with van der Waals surface area (Å²) in [5, 5.41) is 0. The summed E-state index contributed by atoms with van der Waals surface area (Å²) in [5.74, 6) is 0. The van der Waals surface area contributed by atoms with Crippen molar-refractivity contribution < 1.29 is 0 Å². The molecule has 0 unspecified atom stereocenters. The second kappa shape index (κ2) is 10.7. The van der Waals surface area contributed by atoms with Crippen molar-refractivity contribution in [1.82, 2.24) is 0 Å². The summed E-state index contributed by atoms with van der Waals surface area (Å²) in [7, 11) is 0. The predicted molar refractivity (Wildman–Crippen MR) is 200 cm³/mol. The van der Waals surface area contributed by atoms with Crippen LogP contribution in [0.2, 0.25) is 0 Å². The normalized spacial score (nSPS) is 16.1. The molecule has 0 amide bonds. The summed E-state index contributed by atoms with van der Waals surface area (Å²) < 4.78 is 1.06. The minimum Gasteiger partial charge on any atom is -0.0700 e. The van der Waals surface area contributed by atoms with Gasteiger partial charge in [-0.05, 0) is 0 Å². The molecule has 0 aliphatic carbocycles. The Morgan fingerprint density at radius 3 is 0.947 bits per heavy atom. The van der Waals surface area contributed by atoms with E-state index in [2.05, 4.69) is 294 Å². The first-order valence-electron chi connectivity index (χ1n) is 3.80. The van der Waals surface area contributed by atoms with Crippen molar-refractivity contribution in [2.24, 2.45) is 0 Å². The van der Waals surface area contributed by atoms with Crippen molar-refractivity contribution in [3.05, 3.63) is 0 Å². The minimum atomic E-state index is 0.0756. The van der Waals surface area contributed by atoms with Crippen LogP contribution in [-0.4, -0.2) is 7.08 Å². The molecule has 0 radical (unpaired) electrons. The molecule has 0 rings (SSSR count). The van der Waals surface area contributed by atoms with Gasteiger partial charge in [0.1, 0.15) is 5.15 Å². The Kier molecular flexibility index (Phi) is 16.0. The topological polar surface area (TPSA) is 0 Å². The molecular weight excluding hydrogens is 1720 g/mol. The van der Waals surface area contributed by atoms with E-state index in [1.165, 1.54) is 0 Å². The first kappa shape index (κ1) is 28.5. The van der Waals surface area contributed by atoms with Gasteiger partial charge in [0.05, 0.1) is 1.93 Å². The van der Waals surface area contributed by atoms with E-state index in [1.54, 1.807) is 0 Å². The molecule has 0 aromatic carbocycles. The van der Waals surface area contributed by atoms with E-state index in [0.717, 1.165) is 0 Å². The Hall–Kier alpha value is 9.49. The third-order valence-electron chi connectivity index (χ3n) is 1.91. The molecule has 116 valence electrons. The highest BCUT2D eigenvalue weighted by Gasteiger charge is 2.72. The van der Waals surface area contributed by atoms with Crippen LogP contribution in [0.1, 0.15) is 0 Å². The average molecular weight is 1720 g/mol. The molecule has 0 bridgehead atoms. The summed E-state index contributed by atoms with van der Waals surface area (Å²) >= 11 is 34.1. The molecule has 0 nitrogen and oxygen atoms in total. The SMILES string of the molecule is IC(I)C(I)(I)C(I)(I)C(I)(C(I)(I)I)C(I)(I)I. The predicted octanol–water partition coefficient (Wildman–Crippen LogP) is 10.4. The average Bonchev–Trinajstić information content (AvgIpc) is 2.11. The smallest absolute Gasteiger partial charge is 0.0700 e. The number of alkyl halides is 13. The van der Waals surface area contributed by atoms with E-state index in [4.69, 9.17) is 0 Å². The summed E-state index contributed by atoms with van der Waals surface area (Å²) in [6.07, 6.45) is 0. The first-order chi connectivity index (χ1) is 7.94. The second-order valence-electron chi connectivity index (χ2n) is 3.15. The van der Waals surface area contributed by atoms with Crippen LogP contribution in [0.4, 0.5) is 0 Å². The Balaban J connectivity index is 6.22. The number of hydrogen-bond acceptors (Lipinski definition) is 0. The van der Waals surface area contributed by atoms with Crippen LogP contribution in [0, 0.1) is 0 Å². The fourth-order valence-electron chi connectivity index (χ4n) is 0.883. The van der Waals surface area contributed by atoms with Crippen LogP contribution in [0.25, 0.3) is 0 Å². The quantitative estimate of drug-likeness (QED) is 0.190. The van der Waals surface area contributed by atoms with E-state index < -0.39 is 0 Å². The van der Waals surface area contributed by atoms with Gasteiger partial charge < -0.3 is 0 Å². The van der Waals surface area contributed by atoms with Gasteiger partial charge in [-0.1, -0.05) is 294 Å². The van der Waals surface area contributed by atoms with E-state index in [0.29, 0.717) is 1.93 Å². The Bertz CT molecular complexity index is 305. The van der Waals surface area contributed by atoms with Crippen LogP contribution < -0.4 is 0 Å². The Morgan fingerprint density at radius 1 is 0.526 bits per heavy atom. The molecule has 13 heteroatoms. The van der Waals surface area contributed by atoms with Crippen molar-refractivity contribution in [2.75, 3.05) is 0 Å². The lowest BCUT2D eigenvalue weighted by Crippen LogP contribution is -2.64. The molecule has 0 aliphatic rings. The highest BCUT2D eigenvalue weighted by molar-refractivity contribution is 14.3. The van der Waals surface area contributed by atoms with Crippen molar-refractivity contribution in [1.29, 1.82) is 0 Å². The maximum atomic E-state index is 2.71. The Morgan fingerprint density at radius 2 is 0.789 bits per heavy atom. The fraction of sp³-hybridized carbons (Fsp3) is 1.00. The lowest BCUT2D eigenvalue weighted by atomic mass is 10.1. The third kappa shape index (κ3) is 6.74. The monoisotopic (exact) mass is 1720 g/mol. The molecule has 19 heavy (non-hydrogen) atoms. The molecule has 0 spiro atoms. The highest BCUT2D eigenvalue weighted by atomic mass is 127. The van der Waals surface area contributed by atoms with Crippen molar-refractivity contribution >= 4 is 294 Å².